The van der Waals surface area contributed by atoms with Crippen molar-refractivity contribution in [3.8, 4) is 0 Å². The fourth-order valence-electron chi connectivity index (χ4n) is 1.05. The average molecular weight is 224 g/mol. The molecule has 0 aliphatic carbocycles. The maximum absolute atomic E-state index is 11.7. The first-order valence-electron chi connectivity index (χ1n) is 4.07. The van der Waals surface area contributed by atoms with Crippen LogP contribution in [0, 0.1) is 0 Å². The van der Waals surface area contributed by atoms with Gasteiger partial charge in [0, 0.05) is 0 Å². The van der Waals surface area contributed by atoms with Crippen molar-refractivity contribution in [2.24, 2.45) is 0 Å². The molecule has 6 nitrogen and oxygen atoms in total. The molecule has 0 bridgehead atoms. The van der Waals surface area contributed by atoms with Gasteiger partial charge in [-0.15, -0.1) is 5.10 Å². The molecular weight excluding hydrogens is 216 g/mol. The highest BCUT2D eigenvalue weighted by atomic mass is 32.2. The Morgan fingerprint density at radius 3 is 3.00 bits per heavy atom. The highest BCUT2D eigenvalue weighted by molar-refractivity contribution is 7.98. The lowest BCUT2D eigenvalue weighted by atomic mass is 10.4. The highest BCUT2D eigenvalue weighted by Gasteiger charge is 2.17. The van der Waals surface area contributed by atoms with Gasteiger partial charge in [-0.2, -0.15) is 9.67 Å². The van der Waals surface area contributed by atoms with E-state index in [0.717, 1.165) is 4.68 Å². The lowest BCUT2D eigenvalue weighted by Crippen LogP contribution is -2.15. The summed E-state index contributed by atoms with van der Waals surface area (Å²) in [6.45, 7) is 0. The molecule has 0 saturated carbocycles. The Bertz CT molecular complexity index is 477. The van der Waals surface area contributed by atoms with Crippen molar-refractivity contribution < 1.29 is 9.21 Å². The first-order chi connectivity index (χ1) is 7.22. The third-order valence-electron chi connectivity index (χ3n) is 1.72. The molecule has 7 heteroatoms. The van der Waals surface area contributed by atoms with E-state index >= 15 is 0 Å². The van der Waals surface area contributed by atoms with Crippen LogP contribution in [0.3, 0.4) is 0 Å². The Kier molecular flexibility index (Phi) is 2.46. The van der Waals surface area contributed by atoms with E-state index in [4.69, 9.17) is 10.2 Å². The van der Waals surface area contributed by atoms with Gasteiger partial charge in [0.05, 0.1) is 6.26 Å². The third-order valence-corrected chi connectivity index (χ3v) is 2.26. The first kappa shape index (κ1) is 9.78. The van der Waals surface area contributed by atoms with E-state index in [9.17, 15) is 4.79 Å². The van der Waals surface area contributed by atoms with Crippen molar-refractivity contribution in [3.63, 3.8) is 0 Å². The average Bonchev–Trinajstić information content (AvgIpc) is 2.85. The SMILES string of the molecule is CSc1nc(N)n(C(=O)c2ccco2)n1. The highest BCUT2D eigenvalue weighted by Crippen LogP contribution is 2.13. The van der Waals surface area contributed by atoms with Crippen molar-refractivity contribution >= 4 is 23.6 Å². The number of carbonyl (C=O) groups excluding carboxylic acids is 1. The van der Waals surface area contributed by atoms with Crippen LogP contribution in [-0.4, -0.2) is 26.9 Å². The number of hydrogen-bond acceptors (Lipinski definition) is 6. The predicted octanol–water partition coefficient (Wildman–Crippen LogP) is 0.864. The number of carbonyl (C=O) groups is 1. The summed E-state index contributed by atoms with van der Waals surface area (Å²) in [4.78, 5) is 15.6. The van der Waals surface area contributed by atoms with Crippen molar-refractivity contribution in [1.82, 2.24) is 14.8 Å². The fourth-order valence-corrected chi connectivity index (χ4v) is 1.39. The third kappa shape index (κ3) is 1.73. The molecule has 0 atom stereocenters. The largest absolute Gasteiger partial charge is 0.459 e. The van der Waals surface area contributed by atoms with Gasteiger partial charge in [-0.1, -0.05) is 11.8 Å². The van der Waals surface area contributed by atoms with Crippen molar-refractivity contribution in [2.75, 3.05) is 12.0 Å². The summed E-state index contributed by atoms with van der Waals surface area (Å²) in [6, 6.07) is 3.16. The Labute approximate surface area is 89.5 Å². The molecule has 78 valence electrons. The maximum Gasteiger partial charge on any atom is 0.317 e. The first-order valence-corrected chi connectivity index (χ1v) is 5.29. The summed E-state index contributed by atoms with van der Waals surface area (Å²) in [5, 5.41) is 4.37. The molecule has 0 aromatic carbocycles. The summed E-state index contributed by atoms with van der Waals surface area (Å²) in [5.41, 5.74) is 5.54. The van der Waals surface area contributed by atoms with Crippen LogP contribution in [0.5, 0.6) is 0 Å². The summed E-state index contributed by atoms with van der Waals surface area (Å²) < 4.78 is 5.97. The Morgan fingerprint density at radius 2 is 2.47 bits per heavy atom. The summed E-state index contributed by atoms with van der Waals surface area (Å²) in [6.07, 6.45) is 3.21. The normalized spacial score (nSPS) is 10.5. The molecule has 2 heterocycles. The van der Waals surface area contributed by atoms with Crippen LogP contribution in [0.4, 0.5) is 5.95 Å². The number of rotatable bonds is 2. The zero-order valence-corrected chi connectivity index (χ0v) is 8.69. The molecule has 2 aromatic heterocycles. The second-order valence-corrected chi connectivity index (χ2v) is 3.42. The zero-order valence-electron chi connectivity index (χ0n) is 7.88. The number of nitrogens with two attached hydrogens (primary N) is 1. The molecule has 0 amide bonds. The number of nitrogens with zero attached hydrogens (tertiary/aromatic N) is 3. The van der Waals surface area contributed by atoms with Crippen LogP contribution < -0.4 is 5.73 Å². The maximum atomic E-state index is 11.7. The van der Waals surface area contributed by atoms with Gasteiger partial charge >= 0.3 is 5.91 Å². The summed E-state index contributed by atoms with van der Waals surface area (Å²) in [5.74, 6) is -0.190. The minimum atomic E-state index is -0.426. The van der Waals surface area contributed by atoms with E-state index < -0.39 is 5.91 Å². The van der Waals surface area contributed by atoms with E-state index in [1.54, 1.807) is 18.4 Å². The number of thioether (sulfide) groups is 1. The van der Waals surface area contributed by atoms with Gasteiger partial charge in [-0.25, -0.2) is 0 Å². The smallest absolute Gasteiger partial charge is 0.317 e. The van der Waals surface area contributed by atoms with E-state index in [1.807, 2.05) is 0 Å². The molecule has 0 aliphatic rings. The summed E-state index contributed by atoms with van der Waals surface area (Å²) >= 11 is 1.31. The van der Waals surface area contributed by atoms with E-state index in [-0.39, 0.29) is 11.7 Å². The Morgan fingerprint density at radius 1 is 1.67 bits per heavy atom. The lowest BCUT2D eigenvalue weighted by Gasteiger charge is -1.96. The number of furan rings is 1. The zero-order chi connectivity index (χ0) is 10.8. The lowest BCUT2D eigenvalue weighted by molar-refractivity contribution is 0.0918. The van der Waals surface area contributed by atoms with Gasteiger partial charge < -0.3 is 10.2 Å². The van der Waals surface area contributed by atoms with Crippen LogP contribution in [0.25, 0.3) is 0 Å². The van der Waals surface area contributed by atoms with E-state index in [0.29, 0.717) is 5.16 Å². The summed E-state index contributed by atoms with van der Waals surface area (Å²) in [7, 11) is 0. The minimum absolute atomic E-state index is 0.0563. The van der Waals surface area contributed by atoms with E-state index in [2.05, 4.69) is 10.1 Å². The van der Waals surface area contributed by atoms with Gasteiger partial charge in [0.15, 0.2) is 5.76 Å². The molecule has 2 rings (SSSR count). The second kappa shape index (κ2) is 3.77. The van der Waals surface area contributed by atoms with Gasteiger partial charge in [-0.05, 0) is 18.4 Å². The van der Waals surface area contributed by atoms with Crippen LogP contribution in [0.1, 0.15) is 10.6 Å². The van der Waals surface area contributed by atoms with E-state index in [1.165, 1.54) is 18.0 Å². The number of anilines is 1. The fraction of sp³-hybridized carbons (Fsp3) is 0.125. The Hall–Kier alpha value is -1.76. The van der Waals surface area contributed by atoms with Crippen molar-refractivity contribution in [3.05, 3.63) is 24.2 Å². The topological polar surface area (TPSA) is 86.9 Å². The number of nitrogen functional groups attached to an aromatic ring is 1. The minimum Gasteiger partial charge on any atom is -0.459 e. The van der Waals surface area contributed by atoms with Crippen molar-refractivity contribution in [1.29, 1.82) is 0 Å². The van der Waals surface area contributed by atoms with Gasteiger partial charge in [0.2, 0.25) is 11.1 Å². The van der Waals surface area contributed by atoms with Gasteiger partial charge in [0.25, 0.3) is 0 Å². The molecule has 2 N–H and O–H groups in total. The molecule has 0 spiro atoms. The molecule has 0 saturated heterocycles. The van der Waals surface area contributed by atoms with Crippen molar-refractivity contribution in [2.45, 2.75) is 5.16 Å². The standard InChI is InChI=1S/C8H8N4O2S/c1-15-8-10-7(9)12(11-8)6(13)5-3-2-4-14-5/h2-4H,1H3,(H2,9,10,11). The molecule has 0 unspecified atom stereocenters. The molecule has 0 aliphatic heterocycles. The van der Waals surface area contributed by atoms with Crippen LogP contribution >= 0.6 is 11.8 Å². The molecule has 15 heavy (non-hydrogen) atoms. The van der Waals surface area contributed by atoms with Gasteiger partial charge in [0.1, 0.15) is 0 Å². The Balaban J connectivity index is 2.37. The molecule has 0 fully saturated rings. The number of aromatic nitrogens is 3. The molecular formula is C8H8N4O2S. The van der Waals surface area contributed by atoms with Crippen LogP contribution in [0.15, 0.2) is 28.0 Å². The van der Waals surface area contributed by atoms with Crippen LogP contribution in [0.2, 0.25) is 0 Å². The van der Waals surface area contributed by atoms with Crippen LogP contribution in [-0.2, 0) is 0 Å². The predicted molar refractivity (Wildman–Crippen MR) is 54.7 cm³/mol. The molecule has 2 aromatic rings. The monoisotopic (exact) mass is 224 g/mol. The quantitative estimate of drug-likeness (QED) is 0.761. The van der Waals surface area contributed by atoms with Gasteiger partial charge in [-0.3, -0.25) is 4.79 Å². The molecule has 0 radical (unpaired) electrons. The number of hydrogen-bond donors (Lipinski definition) is 1. The second-order valence-electron chi connectivity index (χ2n) is 2.65.